The van der Waals surface area contributed by atoms with Crippen molar-refractivity contribution >= 4 is 29.0 Å². The standard InChI is InChI=1S/C20H18ClFN4O/c1-13-16(21)3-2-4-17(13)26-20(27)18-11-25-19(12-24-18)23-10-9-14-5-7-15(22)8-6-14/h2-8,11-12H,9-10H2,1H3,(H,23,25)(H,26,27). The normalized spacial score (nSPS) is 10.5. The number of aromatic nitrogens is 2. The second-order valence-electron chi connectivity index (χ2n) is 5.96. The van der Waals surface area contributed by atoms with Crippen LogP contribution in [0.4, 0.5) is 15.9 Å². The van der Waals surface area contributed by atoms with Crippen molar-refractivity contribution < 1.29 is 9.18 Å². The summed E-state index contributed by atoms with van der Waals surface area (Å²) in [5.74, 6) is -0.0438. The van der Waals surface area contributed by atoms with E-state index in [0.717, 1.165) is 17.5 Å². The number of hydrogen-bond acceptors (Lipinski definition) is 4. The fourth-order valence-electron chi connectivity index (χ4n) is 2.45. The largest absolute Gasteiger partial charge is 0.368 e. The first-order valence-electron chi connectivity index (χ1n) is 8.40. The summed E-state index contributed by atoms with van der Waals surface area (Å²) in [6, 6.07) is 11.7. The first-order chi connectivity index (χ1) is 13.0. The lowest BCUT2D eigenvalue weighted by Gasteiger charge is -2.09. The Morgan fingerprint density at radius 2 is 1.89 bits per heavy atom. The summed E-state index contributed by atoms with van der Waals surface area (Å²) in [5.41, 5.74) is 2.65. The molecule has 7 heteroatoms. The monoisotopic (exact) mass is 384 g/mol. The number of nitrogens with zero attached hydrogens (tertiary/aromatic N) is 2. The van der Waals surface area contributed by atoms with Gasteiger partial charge in [0, 0.05) is 17.3 Å². The van der Waals surface area contributed by atoms with Gasteiger partial charge in [-0.2, -0.15) is 0 Å². The molecule has 0 saturated heterocycles. The molecule has 0 fully saturated rings. The number of hydrogen-bond donors (Lipinski definition) is 2. The molecule has 3 rings (SSSR count). The van der Waals surface area contributed by atoms with E-state index in [1.54, 1.807) is 30.3 Å². The van der Waals surface area contributed by atoms with E-state index in [1.807, 2.05) is 6.92 Å². The summed E-state index contributed by atoms with van der Waals surface area (Å²) in [4.78, 5) is 20.7. The summed E-state index contributed by atoms with van der Waals surface area (Å²) >= 11 is 6.06. The van der Waals surface area contributed by atoms with E-state index in [4.69, 9.17) is 11.6 Å². The van der Waals surface area contributed by atoms with Gasteiger partial charge in [-0.25, -0.2) is 14.4 Å². The Hall–Kier alpha value is -2.99. The van der Waals surface area contributed by atoms with Gasteiger partial charge in [0.1, 0.15) is 17.3 Å². The minimum atomic E-state index is -0.356. The van der Waals surface area contributed by atoms with Crippen LogP contribution in [0.15, 0.2) is 54.9 Å². The first kappa shape index (κ1) is 18.8. The number of benzene rings is 2. The molecule has 0 spiro atoms. The molecule has 2 N–H and O–H groups in total. The number of carbonyl (C=O) groups excluding carboxylic acids is 1. The topological polar surface area (TPSA) is 66.9 Å². The van der Waals surface area contributed by atoms with Crippen LogP contribution in [0.25, 0.3) is 0 Å². The highest BCUT2D eigenvalue weighted by Gasteiger charge is 2.11. The van der Waals surface area contributed by atoms with Crippen LogP contribution in [0.1, 0.15) is 21.6 Å². The van der Waals surface area contributed by atoms with Gasteiger partial charge >= 0.3 is 0 Å². The van der Waals surface area contributed by atoms with Crippen LogP contribution in [0, 0.1) is 12.7 Å². The first-order valence-corrected chi connectivity index (χ1v) is 8.77. The number of halogens is 2. The maximum absolute atomic E-state index is 12.9. The van der Waals surface area contributed by atoms with Gasteiger partial charge in [0.15, 0.2) is 0 Å². The zero-order valence-electron chi connectivity index (χ0n) is 14.7. The Labute approximate surface area is 161 Å². The highest BCUT2D eigenvalue weighted by molar-refractivity contribution is 6.31. The Morgan fingerprint density at radius 3 is 2.59 bits per heavy atom. The van der Waals surface area contributed by atoms with Gasteiger partial charge in [-0.05, 0) is 48.7 Å². The lowest BCUT2D eigenvalue weighted by Crippen LogP contribution is -2.15. The van der Waals surface area contributed by atoms with Gasteiger partial charge in [-0.15, -0.1) is 0 Å². The van der Waals surface area contributed by atoms with E-state index < -0.39 is 0 Å². The van der Waals surface area contributed by atoms with Crippen molar-refractivity contribution in [2.75, 3.05) is 17.2 Å². The molecule has 138 valence electrons. The number of rotatable bonds is 6. The molecule has 0 bridgehead atoms. The quantitative estimate of drug-likeness (QED) is 0.657. The molecule has 0 saturated carbocycles. The Bertz CT molecular complexity index is 930. The summed E-state index contributed by atoms with van der Waals surface area (Å²) in [5, 5.41) is 6.49. The number of anilines is 2. The SMILES string of the molecule is Cc1c(Cl)cccc1NC(=O)c1cnc(NCCc2ccc(F)cc2)cn1. The van der Waals surface area contributed by atoms with Gasteiger partial charge in [0.25, 0.3) is 5.91 Å². The van der Waals surface area contributed by atoms with Crippen LogP contribution in [-0.4, -0.2) is 22.4 Å². The molecule has 0 radical (unpaired) electrons. The van der Waals surface area contributed by atoms with Crippen LogP contribution >= 0.6 is 11.6 Å². The van der Waals surface area contributed by atoms with E-state index in [1.165, 1.54) is 24.5 Å². The van der Waals surface area contributed by atoms with Crippen molar-refractivity contribution in [1.82, 2.24) is 9.97 Å². The summed E-state index contributed by atoms with van der Waals surface area (Å²) < 4.78 is 12.9. The molecule has 0 aliphatic carbocycles. The second-order valence-corrected chi connectivity index (χ2v) is 6.36. The molecule has 5 nitrogen and oxygen atoms in total. The molecule has 0 aliphatic heterocycles. The lowest BCUT2D eigenvalue weighted by molar-refractivity contribution is 0.102. The van der Waals surface area contributed by atoms with Crippen molar-refractivity contribution in [3.63, 3.8) is 0 Å². The third kappa shape index (κ3) is 5.01. The zero-order chi connectivity index (χ0) is 19.2. The number of carbonyl (C=O) groups is 1. The lowest BCUT2D eigenvalue weighted by atomic mass is 10.1. The van der Waals surface area contributed by atoms with Gasteiger partial charge in [0.05, 0.1) is 12.4 Å². The van der Waals surface area contributed by atoms with Gasteiger partial charge < -0.3 is 10.6 Å². The average molecular weight is 385 g/mol. The maximum atomic E-state index is 12.9. The van der Waals surface area contributed by atoms with Crippen molar-refractivity contribution in [2.24, 2.45) is 0 Å². The van der Waals surface area contributed by atoms with Crippen molar-refractivity contribution in [2.45, 2.75) is 13.3 Å². The van der Waals surface area contributed by atoms with Crippen LogP contribution in [0.2, 0.25) is 5.02 Å². The van der Waals surface area contributed by atoms with Crippen LogP contribution in [-0.2, 0) is 6.42 Å². The number of nitrogens with one attached hydrogen (secondary N) is 2. The molecule has 0 atom stereocenters. The average Bonchev–Trinajstić information content (AvgIpc) is 2.67. The third-order valence-corrected chi connectivity index (χ3v) is 4.44. The molecule has 1 aromatic heterocycles. The predicted octanol–water partition coefficient (Wildman–Crippen LogP) is 4.48. The summed E-state index contributed by atoms with van der Waals surface area (Å²) in [6.45, 7) is 2.45. The fraction of sp³-hybridized carbons (Fsp3) is 0.150. The van der Waals surface area contributed by atoms with E-state index in [-0.39, 0.29) is 17.4 Å². The molecule has 27 heavy (non-hydrogen) atoms. The van der Waals surface area contributed by atoms with Crippen molar-refractivity contribution in [3.05, 3.63) is 82.5 Å². The smallest absolute Gasteiger partial charge is 0.275 e. The molecule has 0 aliphatic rings. The maximum Gasteiger partial charge on any atom is 0.275 e. The molecule has 0 unspecified atom stereocenters. The minimum absolute atomic E-state index is 0.207. The molecule has 2 aromatic carbocycles. The highest BCUT2D eigenvalue weighted by atomic mass is 35.5. The van der Waals surface area contributed by atoms with Crippen LogP contribution in [0.5, 0.6) is 0 Å². The number of amides is 1. The van der Waals surface area contributed by atoms with Crippen molar-refractivity contribution in [3.8, 4) is 0 Å². The Morgan fingerprint density at radius 1 is 1.11 bits per heavy atom. The van der Waals surface area contributed by atoms with Crippen LogP contribution < -0.4 is 10.6 Å². The Kier molecular flexibility index (Phi) is 5.98. The van der Waals surface area contributed by atoms with E-state index in [9.17, 15) is 9.18 Å². The highest BCUT2D eigenvalue weighted by Crippen LogP contribution is 2.23. The summed E-state index contributed by atoms with van der Waals surface area (Å²) in [6.07, 6.45) is 3.64. The van der Waals surface area contributed by atoms with E-state index in [0.29, 0.717) is 23.1 Å². The summed E-state index contributed by atoms with van der Waals surface area (Å²) in [7, 11) is 0. The molecule has 3 aromatic rings. The fourth-order valence-corrected chi connectivity index (χ4v) is 2.63. The molecular weight excluding hydrogens is 367 g/mol. The van der Waals surface area contributed by atoms with Gasteiger partial charge in [-0.1, -0.05) is 29.8 Å². The minimum Gasteiger partial charge on any atom is -0.368 e. The zero-order valence-corrected chi connectivity index (χ0v) is 15.4. The second kappa shape index (κ2) is 8.60. The predicted molar refractivity (Wildman–Crippen MR) is 105 cm³/mol. The Balaban J connectivity index is 1.55. The molecular formula is C20H18ClFN4O. The van der Waals surface area contributed by atoms with Crippen molar-refractivity contribution in [1.29, 1.82) is 0 Å². The van der Waals surface area contributed by atoms with Gasteiger partial charge in [-0.3, -0.25) is 4.79 Å². The molecule has 1 amide bonds. The third-order valence-electron chi connectivity index (χ3n) is 4.03. The molecule has 1 heterocycles. The van der Waals surface area contributed by atoms with E-state index in [2.05, 4.69) is 20.6 Å². The van der Waals surface area contributed by atoms with Crippen LogP contribution in [0.3, 0.4) is 0 Å². The van der Waals surface area contributed by atoms with Gasteiger partial charge in [0.2, 0.25) is 0 Å². The van der Waals surface area contributed by atoms with E-state index >= 15 is 0 Å².